The van der Waals surface area contributed by atoms with Crippen molar-refractivity contribution in [1.29, 1.82) is 0 Å². The lowest BCUT2D eigenvalue weighted by molar-refractivity contribution is 0.553. The lowest BCUT2D eigenvalue weighted by Gasteiger charge is -2.23. The Hall–Kier alpha value is -2.39. The minimum absolute atomic E-state index is 0.196. The first-order valence-corrected chi connectivity index (χ1v) is 7.74. The normalized spacial score (nSPS) is 17.2. The van der Waals surface area contributed by atoms with E-state index in [0.717, 1.165) is 18.7 Å². The Morgan fingerprint density at radius 2 is 1.91 bits per heavy atom. The SMILES string of the molecule is Cc1cccc(-c2ccc([C@H]3NCCc4[nH]cnc43)cc2)c1. The number of benzene rings is 2. The van der Waals surface area contributed by atoms with Gasteiger partial charge in [0, 0.05) is 18.7 Å². The number of nitrogens with zero attached hydrogens (tertiary/aromatic N) is 1. The first-order valence-electron chi connectivity index (χ1n) is 7.74. The smallest absolute Gasteiger partial charge is 0.0926 e. The molecule has 0 spiro atoms. The van der Waals surface area contributed by atoms with Crippen LogP contribution < -0.4 is 5.32 Å². The number of aromatic amines is 1. The van der Waals surface area contributed by atoms with E-state index >= 15 is 0 Å². The summed E-state index contributed by atoms with van der Waals surface area (Å²) >= 11 is 0. The lowest BCUT2D eigenvalue weighted by atomic mass is 9.95. The van der Waals surface area contributed by atoms with Crippen LogP contribution in [0.4, 0.5) is 0 Å². The van der Waals surface area contributed by atoms with Crippen LogP contribution in [0.3, 0.4) is 0 Å². The Morgan fingerprint density at radius 1 is 1.05 bits per heavy atom. The van der Waals surface area contributed by atoms with Crippen molar-refractivity contribution in [3.63, 3.8) is 0 Å². The van der Waals surface area contributed by atoms with Crippen LogP contribution in [0.1, 0.15) is 28.6 Å². The Labute approximate surface area is 130 Å². The molecule has 3 heteroatoms. The number of nitrogens with one attached hydrogen (secondary N) is 2. The van der Waals surface area contributed by atoms with Crippen molar-refractivity contribution in [3.8, 4) is 11.1 Å². The van der Waals surface area contributed by atoms with Crippen molar-refractivity contribution in [3.05, 3.63) is 77.4 Å². The summed E-state index contributed by atoms with van der Waals surface area (Å²) in [5, 5.41) is 3.56. The van der Waals surface area contributed by atoms with Crippen LogP contribution in [-0.4, -0.2) is 16.5 Å². The maximum atomic E-state index is 4.49. The molecular weight excluding hydrogens is 270 g/mol. The average Bonchev–Trinajstić information content (AvgIpc) is 3.04. The number of rotatable bonds is 2. The van der Waals surface area contributed by atoms with Gasteiger partial charge in [-0.15, -0.1) is 0 Å². The largest absolute Gasteiger partial charge is 0.348 e. The summed E-state index contributed by atoms with van der Waals surface area (Å²) in [6, 6.07) is 17.6. The fourth-order valence-corrected chi connectivity index (χ4v) is 3.19. The summed E-state index contributed by atoms with van der Waals surface area (Å²) in [5.41, 5.74) is 7.47. The molecule has 1 aromatic heterocycles. The van der Waals surface area contributed by atoms with Gasteiger partial charge in [-0.05, 0) is 23.6 Å². The predicted octanol–water partition coefficient (Wildman–Crippen LogP) is 3.62. The Morgan fingerprint density at radius 3 is 2.73 bits per heavy atom. The van der Waals surface area contributed by atoms with E-state index < -0.39 is 0 Å². The van der Waals surface area contributed by atoms with Gasteiger partial charge >= 0.3 is 0 Å². The molecule has 2 N–H and O–H groups in total. The fourth-order valence-electron chi connectivity index (χ4n) is 3.19. The second kappa shape index (κ2) is 5.43. The van der Waals surface area contributed by atoms with Crippen molar-refractivity contribution in [2.45, 2.75) is 19.4 Å². The van der Waals surface area contributed by atoms with Crippen LogP contribution in [0.15, 0.2) is 54.9 Å². The summed E-state index contributed by atoms with van der Waals surface area (Å²) in [6.07, 6.45) is 2.82. The number of H-pyrrole nitrogens is 1. The molecule has 0 bridgehead atoms. The van der Waals surface area contributed by atoms with Crippen LogP contribution in [0.5, 0.6) is 0 Å². The van der Waals surface area contributed by atoms with E-state index in [-0.39, 0.29) is 6.04 Å². The van der Waals surface area contributed by atoms with Gasteiger partial charge in [0.05, 0.1) is 18.1 Å². The number of aryl methyl sites for hydroxylation is 1. The maximum Gasteiger partial charge on any atom is 0.0926 e. The van der Waals surface area contributed by atoms with Crippen molar-refractivity contribution in [1.82, 2.24) is 15.3 Å². The van der Waals surface area contributed by atoms with Gasteiger partial charge in [-0.3, -0.25) is 0 Å². The molecule has 2 aromatic carbocycles. The van der Waals surface area contributed by atoms with Gasteiger partial charge in [-0.25, -0.2) is 4.98 Å². The summed E-state index contributed by atoms with van der Waals surface area (Å²) < 4.78 is 0. The average molecular weight is 289 g/mol. The van der Waals surface area contributed by atoms with Crippen molar-refractivity contribution >= 4 is 0 Å². The van der Waals surface area contributed by atoms with E-state index in [1.54, 1.807) is 6.33 Å². The molecule has 3 aromatic rings. The molecule has 1 aliphatic rings. The molecule has 4 rings (SSSR count). The number of hydrogen-bond acceptors (Lipinski definition) is 2. The number of hydrogen-bond donors (Lipinski definition) is 2. The van der Waals surface area contributed by atoms with E-state index in [9.17, 15) is 0 Å². The monoisotopic (exact) mass is 289 g/mol. The molecule has 0 saturated heterocycles. The molecule has 1 atom stereocenters. The number of fused-ring (bicyclic) bond motifs is 1. The van der Waals surface area contributed by atoms with E-state index in [1.165, 1.54) is 27.9 Å². The second-order valence-electron chi connectivity index (χ2n) is 5.89. The van der Waals surface area contributed by atoms with Gasteiger partial charge in [-0.1, -0.05) is 54.1 Å². The van der Waals surface area contributed by atoms with Crippen LogP contribution in [0.2, 0.25) is 0 Å². The van der Waals surface area contributed by atoms with Crippen molar-refractivity contribution < 1.29 is 0 Å². The van der Waals surface area contributed by atoms with E-state index in [1.807, 2.05) is 0 Å². The summed E-state index contributed by atoms with van der Waals surface area (Å²) in [6.45, 7) is 3.11. The predicted molar refractivity (Wildman–Crippen MR) is 88.8 cm³/mol. The molecular formula is C19H19N3. The molecule has 0 radical (unpaired) electrons. The van der Waals surface area contributed by atoms with Crippen LogP contribution in [-0.2, 0) is 6.42 Å². The molecule has 2 heterocycles. The highest BCUT2D eigenvalue weighted by molar-refractivity contribution is 5.64. The Balaban J connectivity index is 1.66. The van der Waals surface area contributed by atoms with E-state index in [2.05, 4.69) is 70.7 Å². The number of imidazole rings is 1. The standard InChI is InChI=1S/C19H19N3/c1-13-3-2-4-16(11-13)14-5-7-15(8-6-14)18-19-17(9-10-20-18)21-12-22-19/h2-8,11-12,18,20H,9-10H2,1H3,(H,21,22)/t18-/m1/s1. The quantitative estimate of drug-likeness (QED) is 0.756. The molecule has 0 amide bonds. The van der Waals surface area contributed by atoms with Gasteiger partial charge in [-0.2, -0.15) is 0 Å². The zero-order valence-corrected chi connectivity index (χ0v) is 12.6. The molecule has 0 unspecified atom stereocenters. The van der Waals surface area contributed by atoms with Crippen LogP contribution in [0, 0.1) is 6.92 Å². The number of aromatic nitrogens is 2. The van der Waals surface area contributed by atoms with Crippen molar-refractivity contribution in [2.24, 2.45) is 0 Å². The maximum absolute atomic E-state index is 4.49. The van der Waals surface area contributed by atoms with Gasteiger partial charge in [0.1, 0.15) is 0 Å². The van der Waals surface area contributed by atoms with Gasteiger partial charge in [0.2, 0.25) is 0 Å². The van der Waals surface area contributed by atoms with Crippen molar-refractivity contribution in [2.75, 3.05) is 6.54 Å². The highest BCUT2D eigenvalue weighted by Gasteiger charge is 2.23. The third kappa shape index (κ3) is 2.34. The third-order valence-corrected chi connectivity index (χ3v) is 4.34. The topological polar surface area (TPSA) is 40.7 Å². The summed E-state index contributed by atoms with van der Waals surface area (Å²) in [4.78, 5) is 7.74. The van der Waals surface area contributed by atoms with Gasteiger partial charge in [0.15, 0.2) is 0 Å². The zero-order valence-electron chi connectivity index (χ0n) is 12.6. The molecule has 110 valence electrons. The zero-order chi connectivity index (χ0) is 14.9. The minimum atomic E-state index is 0.196. The van der Waals surface area contributed by atoms with Crippen LogP contribution in [0.25, 0.3) is 11.1 Å². The molecule has 3 nitrogen and oxygen atoms in total. The third-order valence-electron chi connectivity index (χ3n) is 4.34. The second-order valence-corrected chi connectivity index (χ2v) is 5.89. The fraction of sp³-hybridized carbons (Fsp3) is 0.211. The molecule has 0 aliphatic carbocycles. The van der Waals surface area contributed by atoms with Gasteiger partial charge < -0.3 is 10.3 Å². The molecule has 22 heavy (non-hydrogen) atoms. The summed E-state index contributed by atoms with van der Waals surface area (Å²) in [5.74, 6) is 0. The molecule has 0 fully saturated rings. The van der Waals surface area contributed by atoms with E-state index in [4.69, 9.17) is 0 Å². The highest BCUT2D eigenvalue weighted by Crippen LogP contribution is 2.28. The molecule has 1 aliphatic heterocycles. The highest BCUT2D eigenvalue weighted by atomic mass is 15.0. The first kappa shape index (κ1) is 13.3. The minimum Gasteiger partial charge on any atom is -0.348 e. The lowest BCUT2D eigenvalue weighted by Crippen LogP contribution is -2.30. The first-order chi connectivity index (χ1) is 10.8. The van der Waals surface area contributed by atoms with E-state index in [0.29, 0.717) is 0 Å². The molecule has 0 saturated carbocycles. The van der Waals surface area contributed by atoms with Gasteiger partial charge in [0.25, 0.3) is 0 Å². The Bertz CT molecular complexity index is 786. The van der Waals surface area contributed by atoms with Crippen LogP contribution >= 0.6 is 0 Å². The summed E-state index contributed by atoms with van der Waals surface area (Å²) in [7, 11) is 0. The Kier molecular flexibility index (Phi) is 3.28.